The van der Waals surface area contributed by atoms with E-state index in [0.717, 1.165) is 5.69 Å². The predicted octanol–water partition coefficient (Wildman–Crippen LogP) is 4.54. The first-order chi connectivity index (χ1) is 12.1. The second-order valence-electron chi connectivity index (χ2n) is 5.09. The number of nitrogens with one attached hydrogen (secondary N) is 2. The number of rotatable bonds is 6. The lowest BCUT2D eigenvalue weighted by Crippen LogP contribution is -2.22. The number of anilines is 3. The zero-order valence-electron chi connectivity index (χ0n) is 13.3. The van der Waals surface area contributed by atoms with Crippen LogP contribution in [0, 0.1) is 5.82 Å². The fraction of sp³-hybridized carbons (Fsp3) is 0.118. The van der Waals surface area contributed by atoms with Gasteiger partial charge in [-0.3, -0.25) is 4.79 Å². The van der Waals surface area contributed by atoms with Gasteiger partial charge in [0.1, 0.15) is 5.82 Å². The van der Waals surface area contributed by atoms with E-state index in [9.17, 15) is 9.18 Å². The van der Waals surface area contributed by atoms with Crippen molar-refractivity contribution in [2.75, 3.05) is 10.6 Å². The van der Waals surface area contributed by atoms with E-state index in [2.05, 4.69) is 20.8 Å². The molecule has 8 heteroatoms. The number of hydrogen-bond donors (Lipinski definition) is 2. The number of nitrogens with zero attached hydrogens (tertiary/aromatic N) is 2. The van der Waals surface area contributed by atoms with Gasteiger partial charge in [0.2, 0.25) is 11.0 Å². The van der Waals surface area contributed by atoms with Crippen molar-refractivity contribution in [3.8, 4) is 0 Å². The minimum Gasteiger partial charge on any atom is -0.328 e. The van der Waals surface area contributed by atoms with Gasteiger partial charge < -0.3 is 10.6 Å². The molecule has 0 spiro atoms. The number of amides is 1. The van der Waals surface area contributed by atoms with Gasteiger partial charge in [-0.25, -0.2) is 4.39 Å². The van der Waals surface area contributed by atoms with Crippen LogP contribution in [-0.4, -0.2) is 21.4 Å². The number of thioether (sulfide) groups is 1. The molecule has 5 nitrogen and oxygen atoms in total. The zero-order valence-corrected chi connectivity index (χ0v) is 14.9. The highest BCUT2D eigenvalue weighted by Crippen LogP contribution is 2.31. The summed E-state index contributed by atoms with van der Waals surface area (Å²) < 4.78 is 14.3. The first kappa shape index (κ1) is 17.4. The summed E-state index contributed by atoms with van der Waals surface area (Å²) in [6.45, 7) is 1.80. The smallest absolute Gasteiger partial charge is 0.237 e. The Morgan fingerprint density at radius 3 is 2.60 bits per heavy atom. The Labute approximate surface area is 152 Å². The minimum atomic E-state index is -0.359. The SMILES string of the molecule is C[C@@H](Sc1nnc(Nc2ccccc2F)s1)C(=O)Nc1ccccc1. The Kier molecular flexibility index (Phi) is 5.62. The summed E-state index contributed by atoms with van der Waals surface area (Å²) in [5.74, 6) is -0.475. The molecule has 1 amide bonds. The van der Waals surface area contributed by atoms with Crippen molar-refractivity contribution in [3.05, 3.63) is 60.4 Å². The molecule has 0 radical (unpaired) electrons. The van der Waals surface area contributed by atoms with Crippen LogP contribution in [0.5, 0.6) is 0 Å². The zero-order chi connectivity index (χ0) is 17.6. The van der Waals surface area contributed by atoms with E-state index >= 15 is 0 Å². The quantitative estimate of drug-likeness (QED) is 0.620. The molecular formula is C17H15FN4OS2. The molecule has 1 aromatic heterocycles. The van der Waals surface area contributed by atoms with Gasteiger partial charge in [0.15, 0.2) is 4.34 Å². The third kappa shape index (κ3) is 4.77. The summed E-state index contributed by atoms with van der Waals surface area (Å²) in [5, 5.41) is 13.9. The van der Waals surface area contributed by atoms with Crippen molar-refractivity contribution in [3.63, 3.8) is 0 Å². The maximum absolute atomic E-state index is 13.6. The van der Waals surface area contributed by atoms with Gasteiger partial charge in [-0.05, 0) is 31.2 Å². The van der Waals surface area contributed by atoms with Crippen molar-refractivity contribution in [2.24, 2.45) is 0 Å². The van der Waals surface area contributed by atoms with Crippen LogP contribution in [0.1, 0.15) is 6.92 Å². The Bertz CT molecular complexity index is 857. The number of benzene rings is 2. The Morgan fingerprint density at radius 1 is 1.12 bits per heavy atom. The number of carbonyl (C=O) groups excluding carboxylic acids is 1. The first-order valence-electron chi connectivity index (χ1n) is 7.49. The molecule has 2 N–H and O–H groups in total. The molecule has 1 heterocycles. The summed E-state index contributed by atoms with van der Waals surface area (Å²) in [6.07, 6.45) is 0. The van der Waals surface area contributed by atoms with Crippen LogP contribution in [0.25, 0.3) is 0 Å². The Hall–Kier alpha value is -2.45. The molecule has 0 aliphatic rings. The largest absolute Gasteiger partial charge is 0.328 e. The lowest BCUT2D eigenvalue weighted by molar-refractivity contribution is -0.115. The van der Waals surface area contributed by atoms with Crippen molar-refractivity contribution in [2.45, 2.75) is 16.5 Å². The summed E-state index contributed by atoms with van der Waals surface area (Å²) in [4.78, 5) is 12.2. The average Bonchev–Trinajstić information content (AvgIpc) is 3.05. The Morgan fingerprint density at radius 2 is 1.84 bits per heavy atom. The fourth-order valence-corrected chi connectivity index (χ4v) is 3.86. The van der Waals surface area contributed by atoms with E-state index in [1.165, 1.54) is 29.2 Å². The fourth-order valence-electron chi connectivity index (χ4n) is 1.96. The number of hydrogen-bond acceptors (Lipinski definition) is 6. The lowest BCUT2D eigenvalue weighted by atomic mass is 10.3. The predicted molar refractivity (Wildman–Crippen MR) is 100.0 cm³/mol. The molecule has 0 saturated carbocycles. The highest BCUT2D eigenvalue weighted by atomic mass is 32.2. The summed E-state index contributed by atoms with van der Waals surface area (Å²) in [6, 6.07) is 15.6. The summed E-state index contributed by atoms with van der Waals surface area (Å²) in [5.41, 5.74) is 1.09. The lowest BCUT2D eigenvalue weighted by Gasteiger charge is -2.09. The second kappa shape index (κ2) is 8.09. The average molecular weight is 374 g/mol. The molecule has 0 saturated heterocycles. The molecule has 1 atom stereocenters. The molecule has 0 fully saturated rings. The van der Waals surface area contributed by atoms with E-state index in [1.807, 2.05) is 30.3 Å². The van der Waals surface area contributed by atoms with Gasteiger partial charge in [0.05, 0.1) is 10.9 Å². The number of para-hydroxylation sites is 2. The van der Waals surface area contributed by atoms with Gasteiger partial charge in [-0.1, -0.05) is 53.4 Å². The van der Waals surface area contributed by atoms with E-state index in [1.54, 1.807) is 25.1 Å². The summed E-state index contributed by atoms with van der Waals surface area (Å²) >= 11 is 2.58. The van der Waals surface area contributed by atoms with Crippen LogP contribution in [0.3, 0.4) is 0 Å². The van der Waals surface area contributed by atoms with Gasteiger partial charge >= 0.3 is 0 Å². The van der Waals surface area contributed by atoms with Crippen molar-refractivity contribution in [1.82, 2.24) is 10.2 Å². The molecule has 2 aromatic carbocycles. The van der Waals surface area contributed by atoms with Crippen LogP contribution < -0.4 is 10.6 Å². The molecule has 0 aliphatic heterocycles. The third-order valence-corrected chi connectivity index (χ3v) is 5.23. The second-order valence-corrected chi connectivity index (χ2v) is 7.66. The van der Waals surface area contributed by atoms with E-state index in [4.69, 9.17) is 0 Å². The molecule has 25 heavy (non-hydrogen) atoms. The number of carbonyl (C=O) groups is 1. The Balaban J connectivity index is 1.59. The van der Waals surface area contributed by atoms with Crippen molar-refractivity contribution < 1.29 is 9.18 Å². The van der Waals surface area contributed by atoms with Crippen LogP contribution in [0.2, 0.25) is 0 Å². The normalized spacial score (nSPS) is 11.8. The van der Waals surface area contributed by atoms with E-state index < -0.39 is 0 Å². The number of aromatic nitrogens is 2. The molecule has 0 aliphatic carbocycles. The van der Waals surface area contributed by atoms with Gasteiger partial charge in [-0.15, -0.1) is 10.2 Å². The monoisotopic (exact) mass is 374 g/mol. The van der Waals surface area contributed by atoms with Crippen LogP contribution >= 0.6 is 23.1 Å². The minimum absolute atomic E-state index is 0.116. The molecule has 0 bridgehead atoms. The maximum Gasteiger partial charge on any atom is 0.237 e. The molecule has 3 aromatic rings. The van der Waals surface area contributed by atoms with Crippen molar-refractivity contribution in [1.29, 1.82) is 0 Å². The van der Waals surface area contributed by atoms with Crippen LogP contribution in [0.4, 0.5) is 20.9 Å². The standard InChI is InChI=1S/C17H15FN4OS2/c1-11(15(23)19-12-7-3-2-4-8-12)24-17-22-21-16(25-17)20-14-10-6-5-9-13(14)18/h2-11H,1H3,(H,19,23)(H,20,21)/t11-/m1/s1. The topological polar surface area (TPSA) is 66.9 Å². The highest BCUT2D eigenvalue weighted by molar-refractivity contribution is 8.02. The van der Waals surface area contributed by atoms with Gasteiger partial charge in [0.25, 0.3) is 0 Å². The maximum atomic E-state index is 13.6. The van der Waals surface area contributed by atoms with Gasteiger partial charge in [0, 0.05) is 5.69 Å². The first-order valence-corrected chi connectivity index (χ1v) is 9.19. The molecule has 0 unspecified atom stereocenters. The molecule has 128 valence electrons. The molecular weight excluding hydrogens is 359 g/mol. The van der Waals surface area contributed by atoms with Crippen molar-refractivity contribution >= 4 is 45.5 Å². The van der Waals surface area contributed by atoms with Crippen LogP contribution in [0.15, 0.2) is 58.9 Å². The van der Waals surface area contributed by atoms with Crippen LogP contribution in [-0.2, 0) is 4.79 Å². The van der Waals surface area contributed by atoms with E-state index in [0.29, 0.717) is 15.2 Å². The van der Waals surface area contributed by atoms with Gasteiger partial charge in [-0.2, -0.15) is 0 Å². The number of halogens is 1. The third-order valence-electron chi connectivity index (χ3n) is 3.21. The summed E-state index contributed by atoms with van der Waals surface area (Å²) in [7, 11) is 0. The highest BCUT2D eigenvalue weighted by Gasteiger charge is 2.17. The van der Waals surface area contributed by atoms with E-state index in [-0.39, 0.29) is 17.0 Å². The molecule has 3 rings (SSSR count).